The molecule has 3 rings (SSSR count). The maximum absolute atomic E-state index is 12.0. The maximum Gasteiger partial charge on any atom is 0.161 e. The van der Waals surface area contributed by atoms with Crippen LogP contribution in [0.25, 0.3) is 10.9 Å². The summed E-state index contributed by atoms with van der Waals surface area (Å²) in [5, 5.41) is 1.04. The summed E-state index contributed by atoms with van der Waals surface area (Å²) in [6, 6.07) is 14.3. The molecular weight excluding hydrogens is 298 g/mol. The van der Waals surface area contributed by atoms with Crippen LogP contribution in [0.2, 0.25) is 0 Å². The van der Waals surface area contributed by atoms with Crippen molar-refractivity contribution in [3.05, 3.63) is 65.4 Å². The fourth-order valence-electron chi connectivity index (χ4n) is 3.08. The molecule has 3 nitrogen and oxygen atoms in total. The zero-order chi connectivity index (χ0) is 17.1. The first-order valence-corrected chi connectivity index (χ1v) is 8.41. The summed E-state index contributed by atoms with van der Waals surface area (Å²) in [6.07, 6.45) is 2.90. The summed E-state index contributed by atoms with van der Waals surface area (Å²) in [5.41, 5.74) is 4.42. The van der Waals surface area contributed by atoms with Crippen molar-refractivity contribution in [2.75, 3.05) is 6.61 Å². The summed E-state index contributed by atoms with van der Waals surface area (Å²) in [7, 11) is 0. The Morgan fingerprint density at radius 1 is 1.12 bits per heavy atom. The Morgan fingerprint density at radius 3 is 2.54 bits per heavy atom. The lowest BCUT2D eigenvalue weighted by molar-refractivity contribution is 0.101. The number of carbonyl (C=O) groups excluding carboxylic acids is 1. The first-order chi connectivity index (χ1) is 11.6. The van der Waals surface area contributed by atoms with Gasteiger partial charge in [0.2, 0.25) is 0 Å². The predicted molar refractivity (Wildman–Crippen MR) is 98.0 cm³/mol. The Hall–Kier alpha value is -2.55. The van der Waals surface area contributed by atoms with Crippen molar-refractivity contribution in [3.8, 4) is 5.75 Å². The van der Waals surface area contributed by atoms with Crippen molar-refractivity contribution in [3.63, 3.8) is 0 Å². The van der Waals surface area contributed by atoms with Gasteiger partial charge in [0.15, 0.2) is 5.78 Å². The van der Waals surface area contributed by atoms with Crippen molar-refractivity contribution >= 4 is 16.7 Å². The maximum atomic E-state index is 12.0. The monoisotopic (exact) mass is 321 g/mol. The largest absolute Gasteiger partial charge is 0.492 e. The van der Waals surface area contributed by atoms with E-state index in [1.807, 2.05) is 42.6 Å². The highest BCUT2D eigenvalue weighted by Crippen LogP contribution is 2.26. The van der Waals surface area contributed by atoms with Crippen LogP contribution < -0.4 is 4.74 Å². The number of ketones is 1. The topological polar surface area (TPSA) is 31.2 Å². The normalized spacial score (nSPS) is 11.0. The van der Waals surface area contributed by atoms with Crippen molar-refractivity contribution in [1.29, 1.82) is 0 Å². The molecular formula is C21H23NO2. The third-order valence-electron chi connectivity index (χ3n) is 4.36. The van der Waals surface area contributed by atoms with Crippen LogP contribution in [-0.2, 0) is 13.0 Å². The molecule has 0 bridgehead atoms. The molecule has 0 saturated carbocycles. The molecule has 0 spiro atoms. The van der Waals surface area contributed by atoms with E-state index >= 15 is 0 Å². The first kappa shape index (κ1) is 16.3. The number of rotatable bonds is 6. The number of carbonyl (C=O) groups is 1. The Bertz CT molecular complexity index is 859. The van der Waals surface area contributed by atoms with Crippen molar-refractivity contribution in [2.24, 2.45) is 0 Å². The van der Waals surface area contributed by atoms with Crippen LogP contribution in [0.4, 0.5) is 0 Å². The van der Waals surface area contributed by atoms with Crippen LogP contribution in [0, 0.1) is 6.92 Å². The number of benzene rings is 2. The van der Waals surface area contributed by atoms with E-state index in [9.17, 15) is 4.79 Å². The Labute approximate surface area is 142 Å². The molecule has 1 aromatic heterocycles. The van der Waals surface area contributed by atoms with Gasteiger partial charge in [-0.1, -0.05) is 42.8 Å². The quantitative estimate of drug-likeness (QED) is 0.611. The van der Waals surface area contributed by atoms with Gasteiger partial charge < -0.3 is 9.30 Å². The Balaban J connectivity index is 1.85. The van der Waals surface area contributed by atoms with Gasteiger partial charge in [-0.3, -0.25) is 4.79 Å². The van der Waals surface area contributed by atoms with E-state index in [4.69, 9.17) is 4.74 Å². The van der Waals surface area contributed by atoms with Crippen LogP contribution in [0.1, 0.15) is 35.3 Å². The van der Waals surface area contributed by atoms with Crippen molar-refractivity contribution < 1.29 is 9.53 Å². The zero-order valence-corrected chi connectivity index (χ0v) is 14.5. The molecule has 0 radical (unpaired) electrons. The lowest BCUT2D eigenvalue weighted by Crippen LogP contribution is -2.08. The zero-order valence-electron chi connectivity index (χ0n) is 14.5. The van der Waals surface area contributed by atoms with E-state index < -0.39 is 0 Å². The molecule has 0 saturated heterocycles. The number of para-hydroxylation sites is 1. The summed E-state index contributed by atoms with van der Waals surface area (Å²) in [4.78, 5) is 12.0. The van der Waals surface area contributed by atoms with Crippen LogP contribution in [0.15, 0.2) is 48.7 Å². The van der Waals surface area contributed by atoms with Gasteiger partial charge in [-0.25, -0.2) is 0 Å². The SMILES string of the molecule is CCc1cccc2c(C(C)=O)cn(CCOc3ccc(C)cc3)c12. The molecule has 0 N–H and O–H groups in total. The molecule has 2 aromatic carbocycles. The minimum atomic E-state index is 0.103. The van der Waals surface area contributed by atoms with Gasteiger partial charge in [0.25, 0.3) is 0 Å². The number of hydrogen-bond donors (Lipinski definition) is 0. The molecule has 0 fully saturated rings. The Kier molecular flexibility index (Phi) is 4.70. The molecule has 0 amide bonds. The Morgan fingerprint density at radius 2 is 1.88 bits per heavy atom. The molecule has 0 aliphatic carbocycles. The smallest absolute Gasteiger partial charge is 0.161 e. The number of hydrogen-bond acceptors (Lipinski definition) is 2. The fraction of sp³-hybridized carbons (Fsp3) is 0.286. The van der Waals surface area contributed by atoms with Gasteiger partial charge in [0.05, 0.1) is 12.1 Å². The van der Waals surface area contributed by atoms with E-state index in [1.165, 1.54) is 11.1 Å². The highest BCUT2D eigenvalue weighted by atomic mass is 16.5. The molecule has 0 atom stereocenters. The average Bonchev–Trinajstić information content (AvgIpc) is 2.96. The third-order valence-corrected chi connectivity index (χ3v) is 4.36. The fourth-order valence-corrected chi connectivity index (χ4v) is 3.08. The van der Waals surface area contributed by atoms with Crippen LogP contribution in [0.3, 0.4) is 0 Å². The van der Waals surface area contributed by atoms with Crippen molar-refractivity contribution in [1.82, 2.24) is 4.57 Å². The molecule has 24 heavy (non-hydrogen) atoms. The highest BCUT2D eigenvalue weighted by Gasteiger charge is 2.14. The van der Waals surface area contributed by atoms with Gasteiger partial charge >= 0.3 is 0 Å². The summed E-state index contributed by atoms with van der Waals surface area (Å²) >= 11 is 0. The first-order valence-electron chi connectivity index (χ1n) is 8.41. The van der Waals surface area contributed by atoms with Crippen LogP contribution in [-0.4, -0.2) is 17.0 Å². The van der Waals surface area contributed by atoms with E-state index in [0.29, 0.717) is 13.2 Å². The average molecular weight is 321 g/mol. The molecule has 0 aliphatic rings. The van der Waals surface area contributed by atoms with E-state index in [2.05, 4.69) is 24.5 Å². The number of Topliss-reactive ketones (excluding diaryl/α,β-unsaturated/α-hetero) is 1. The highest BCUT2D eigenvalue weighted by molar-refractivity contribution is 6.07. The number of aryl methyl sites for hydroxylation is 2. The summed E-state index contributed by atoms with van der Waals surface area (Å²) < 4.78 is 8.00. The lowest BCUT2D eigenvalue weighted by Gasteiger charge is -2.10. The minimum absolute atomic E-state index is 0.103. The van der Waals surface area contributed by atoms with E-state index in [1.54, 1.807) is 6.92 Å². The van der Waals surface area contributed by atoms with Crippen molar-refractivity contribution in [2.45, 2.75) is 33.7 Å². The van der Waals surface area contributed by atoms with Gasteiger partial charge in [0.1, 0.15) is 12.4 Å². The molecule has 0 aliphatic heterocycles. The predicted octanol–water partition coefficient (Wildman–Crippen LogP) is 4.79. The molecule has 0 unspecified atom stereocenters. The van der Waals surface area contributed by atoms with Crippen LogP contribution >= 0.6 is 0 Å². The van der Waals surface area contributed by atoms with Gasteiger partial charge in [-0.2, -0.15) is 0 Å². The standard InChI is InChI=1S/C21H23NO2/c1-4-17-6-5-7-19-20(16(3)23)14-22(21(17)19)12-13-24-18-10-8-15(2)9-11-18/h5-11,14H,4,12-13H2,1-3H3. The number of ether oxygens (including phenoxy) is 1. The minimum Gasteiger partial charge on any atom is -0.492 e. The second-order valence-electron chi connectivity index (χ2n) is 6.12. The second-order valence-corrected chi connectivity index (χ2v) is 6.12. The number of aromatic nitrogens is 1. The number of fused-ring (bicyclic) bond motifs is 1. The van der Waals surface area contributed by atoms with Gasteiger partial charge in [-0.15, -0.1) is 0 Å². The molecule has 3 aromatic rings. The van der Waals surface area contributed by atoms with E-state index in [-0.39, 0.29) is 5.78 Å². The second kappa shape index (κ2) is 6.91. The van der Waals surface area contributed by atoms with Crippen LogP contribution in [0.5, 0.6) is 5.75 Å². The third kappa shape index (κ3) is 3.21. The molecule has 1 heterocycles. The summed E-state index contributed by atoms with van der Waals surface area (Å²) in [5.74, 6) is 0.978. The molecule has 3 heteroatoms. The summed E-state index contributed by atoms with van der Waals surface area (Å²) in [6.45, 7) is 7.12. The molecule has 124 valence electrons. The number of nitrogens with zero attached hydrogens (tertiary/aromatic N) is 1. The lowest BCUT2D eigenvalue weighted by atomic mass is 10.1. The van der Waals surface area contributed by atoms with E-state index in [0.717, 1.165) is 28.6 Å². The van der Waals surface area contributed by atoms with Gasteiger partial charge in [-0.05, 0) is 38.0 Å². The van der Waals surface area contributed by atoms with Gasteiger partial charge in [0, 0.05) is 17.1 Å².